The Morgan fingerprint density at radius 3 is 2.54 bits per heavy atom. The van der Waals surface area contributed by atoms with E-state index >= 15 is 0 Å². The number of aromatic amines is 2. The zero-order valence-electron chi connectivity index (χ0n) is 18.8. The number of nitrogens with one attached hydrogen (secondary N) is 3. The van der Waals surface area contributed by atoms with E-state index in [1.54, 1.807) is 12.1 Å². The van der Waals surface area contributed by atoms with E-state index in [1.165, 1.54) is 0 Å². The monoisotopic (exact) mass is 529 g/mol. The van der Waals surface area contributed by atoms with Crippen molar-refractivity contribution in [3.05, 3.63) is 99.9 Å². The maximum absolute atomic E-state index is 13.1. The van der Waals surface area contributed by atoms with E-state index < -0.39 is 0 Å². The summed E-state index contributed by atoms with van der Waals surface area (Å²) in [4.78, 5) is 21.3. The van der Waals surface area contributed by atoms with Crippen LogP contribution in [0.25, 0.3) is 22.2 Å². The molecule has 0 saturated carbocycles. The van der Waals surface area contributed by atoms with E-state index in [0.29, 0.717) is 30.2 Å². The molecule has 2 aromatic heterocycles. The lowest BCUT2D eigenvalue weighted by Crippen LogP contribution is -2.30. The van der Waals surface area contributed by atoms with Crippen LogP contribution in [0.4, 0.5) is 5.82 Å². The maximum atomic E-state index is 13.1. The number of nitrogens with two attached hydrogens (primary N) is 2. The van der Waals surface area contributed by atoms with Crippen molar-refractivity contribution in [3.63, 3.8) is 0 Å². The summed E-state index contributed by atoms with van der Waals surface area (Å²) in [6, 6.07) is 22.7. The van der Waals surface area contributed by atoms with Gasteiger partial charge in [0.25, 0.3) is 5.91 Å². The first-order chi connectivity index (χ1) is 17.0. The van der Waals surface area contributed by atoms with Gasteiger partial charge in [-0.3, -0.25) is 9.89 Å². The van der Waals surface area contributed by atoms with Crippen LogP contribution in [0.1, 0.15) is 33.4 Å². The van der Waals surface area contributed by atoms with Crippen molar-refractivity contribution in [2.45, 2.75) is 19.0 Å². The number of benzene rings is 3. The number of aromatic nitrogens is 4. The highest BCUT2D eigenvalue weighted by Gasteiger charge is 2.22. The minimum atomic E-state index is -0.379. The fraction of sp³-hybridized carbons (Fsp3) is 0.115. The van der Waals surface area contributed by atoms with E-state index in [1.807, 2.05) is 60.7 Å². The summed E-state index contributed by atoms with van der Waals surface area (Å²) in [7, 11) is 0. The Morgan fingerprint density at radius 1 is 1.03 bits per heavy atom. The zero-order valence-corrected chi connectivity index (χ0v) is 20.3. The first kappa shape index (κ1) is 22.8. The average molecular weight is 530 g/mol. The van der Waals surface area contributed by atoms with Crippen molar-refractivity contribution < 1.29 is 4.79 Å². The highest BCUT2D eigenvalue weighted by molar-refractivity contribution is 9.10. The first-order valence-corrected chi connectivity index (χ1v) is 11.9. The third-order valence-electron chi connectivity index (χ3n) is 5.91. The lowest BCUT2D eigenvalue weighted by molar-refractivity contribution is 0.0935. The van der Waals surface area contributed by atoms with Gasteiger partial charge in [-0.1, -0.05) is 48.5 Å². The van der Waals surface area contributed by atoms with Crippen LogP contribution in [0.3, 0.4) is 0 Å². The summed E-state index contributed by atoms with van der Waals surface area (Å²) < 4.78 is 0.721. The molecule has 1 atom stereocenters. The number of anilines is 1. The van der Waals surface area contributed by atoms with Crippen molar-refractivity contribution in [1.29, 1.82) is 0 Å². The number of hydrogen-bond acceptors (Lipinski definition) is 5. The minimum Gasteiger partial charge on any atom is -0.382 e. The molecule has 2 heterocycles. The quantitative estimate of drug-likeness (QED) is 0.211. The van der Waals surface area contributed by atoms with Gasteiger partial charge in [-0.25, -0.2) is 4.98 Å². The summed E-state index contributed by atoms with van der Waals surface area (Å²) in [5, 5.41) is 11.0. The number of halogens is 1. The van der Waals surface area contributed by atoms with Crippen LogP contribution < -0.4 is 16.8 Å². The van der Waals surface area contributed by atoms with Gasteiger partial charge in [0.2, 0.25) is 0 Å². The van der Waals surface area contributed by atoms with Gasteiger partial charge in [0.15, 0.2) is 5.82 Å². The Balaban J connectivity index is 1.47. The lowest BCUT2D eigenvalue weighted by Gasteiger charge is -2.17. The predicted molar refractivity (Wildman–Crippen MR) is 140 cm³/mol. The minimum absolute atomic E-state index is 0.182. The smallest absolute Gasteiger partial charge is 0.251 e. The number of carbonyl (C=O) groups is 1. The molecule has 35 heavy (non-hydrogen) atoms. The Kier molecular flexibility index (Phi) is 6.35. The fourth-order valence-corrected chi connectivity index (χ4v) is 4.53. The molecule has 0 saturated heterocycles. The fourth-order valence-electron chi connectivity index (χ4n) is 4.01. The van der Waals surface area contributed by atoms with Crippen LogP contribution >= 0.6 is 15.9 Å². The molecule has 0 radical (unpaired) electrons. The molecule has 7 N–H and O–H groups in total. The van der Waals surface area contributed by atoms with Crippen LogP contribution in [0.2, 0.25) is 0 Å². The molecule has 8 nitrogen and oxygen atoms in total. The van der Waals surface area contributed by atoms with Crippen LogP contribution in [-0.2, 0) is 13.0 Å². The molecule has 0 aliphatic heterocycles. The largest absolute Gasteiger partial charge is 0.382 e. The summed E-state index contributed by atoms with van der Waals surface area (Å²) in [5.74, 6) is 0.920. The van der Waals surface area contributed by atoms with E-state index in [9.17, 15) is 4.79 Å². The second kappa shape index (κ2) is 9.73. The molecule has 0 aliphatic carbocycles. The van der Waals surface area contributed by atoms with E-state index in [4.69, 9.17) is 16.5 Å². The Bertz CT molecular complexity index is 1480. The molecule has 0 aliphatic rings. The highest BCUT2D eigenvalue weighted by atomic mass is 79.9. The van der Waals surface area contributed by atoms with E-state index in [2.05, 4.69) is 36.4 Å². The second-order valence-electron chi connectivity index (χ2n) is 8.27. The summed E-state index contributed by atoms with van der Waals surface area (Å²) >= 11 is 3.61. The molecule has 3 aromatic carbocycles. The van der Waals surface area contributed by atoms with Crippen molar-refractivity contribution in [2.75, 3.05) is 5.73 Å². The topological polar surface area (TPSA) is 138 Å². The number of nitrogen functional groups attached to an aromatic ring is 1. The Hall–Kier alpha value is -3.95. The number of rotatable bonds is 7. The van der Waals surface area contributed by atoms with Gasteiger partial charge in [0.05, 0.1) is 11.6 Å². The first-order valence-electron chi connectivity index (χ1n) is 11.1. The molecule has 0 bridgehead atoms. The molecule has 176 valence electrons. The van der Waals surface area contributed by atoms with Crippen LogP contribution in [0.15, 0.2) is 77.4 Å². The number of fused-ring (bicyclic) bond motifs is 1. The van der Waals surface area contributed by atoms with Gasteiger partial charge >= 0.3 is 0 Å². The summed E-state index contributed by atoms with van der Waals surface area (Å²) in [6.07, 6.45) is 0.572. The molecule has 9 heteroatoms. The SMILES string of the molecule is NCc1ccc(C(=O)N[C@@H](Cc2ccccc2)c2nc(-c3ccc4c(N)n[nH]c4c3)c(Br)[nH]2)cc1. The third-order valence-corrected chi connectivity index (χ3v) is 6.49. The van der Waals surface area contributed by atoms with Crippen molar-refractivity contribution >= 4 is 38.6 Å². The molecule has 0 spiro atoms. The molecule has 1 amide bonds. The molecule has 0 fully saturated rings. The molecule has 5 rings (SSSR count). The maximum Gasteiger partial charge on any atom is 0.251 e. The number of hydrogen-bond donors (Lipinski definition) is 5. The average Bonchev–Trinajstić information content (AvgIpc) is 3.46. The summed E-state index contributed by atoms with van der Waals surface area (Å²) in [5.41, 5.74) is 16.6. The second-order valence-corrected chi connectivity index (χ2v) is 9.06. The Morgan fingerprint density at radius 2 is 1.80 bits per heavy atom. The number of carbonyl (C=O) groups excluding carboxylic acids is 1. The molecule has 5 aromatic rings. The van der Waals surface area contributed by atoms with Crippen LogP contribution in [0, 0.1) is 0 Å². The highest BCUT2D eigenvalue weighted by Crippen LogP contribution is 2.31. The van der Waals surface area contributed by atoms with Crippen molar-refractivity contribution in [2.24, 2.45) is 5.73 Å². The number of amides is 1. The zero-order chi connectivity index (χ0) is 24.4. The third kappa shape index (κ3) is 4.82. The molecular formula is C26H24BrN7O. The van der Waals surface area contributed by atoms with Crippen LogP contribution in [-0.4, -0.2) is 26.1 Å². The number of H-pyrrole nitrogens is 2. The standard InChI is InChI=1S/C26H24BrN7O/c27-23-22(18-10-11-19-20(13-18)33-34-24(19)29)31-25(32-23)21(12-15-4-2-1-3-5-15)30-26(35)17-8-6-16(14-28)7-9-17/h1-11,13,21H,12,14,28H2,(H,30,35)(H,31,32)(H3,29,33,34)/t21-/m0/s1. The number of imidazole rings is 1. The normalized spacial score (nSPS) is 12.1. The van der Waals surface area contributed by atoms with E-state index in [0.717, 1.165) is 37.9 Å². The predicted octanol–water partition coefficient (Wildman–Crippen LogP) is 4.47. The molecular weight excluding hydrogens is 506 g/mol. The molecule has 0 unspecified atom stereocenters. The van der Waals surface area contributed by atoms with Crippen LogP contribution in [0.5, 0.6) is 0 Å². The van der Waals surface area contributed by atoms with Gasteiger partial charge in [-0.2, -0.15) is 5.10 Å². The van der Waals surface area contributed by atoms with Gasteiger partial charge < -0.3 is 21.8 Å². The van der Waals surface area contributed by atoms with Gasteiger partial charge in [0, 0.05) is 23.1 Å². The number of nitrogens with zero attached hydrogens (tertiary/aromatic N) is 2. The van der Waals surface area contributed by atoms with E-state index in [-0.39, 0.29) is 11.9 Å². The van der Waals surface area contributed by atoms with Gasteiger partial charge in [0.1, 0.15) is 16.1 Å². The lowest BCUT2D eigenvalue weighted by atomic mass is 10.0. The van der Waals surface area contributed by atoms with Crippen molar-refractivity contribution in [3.8, 4) is 11.3 Å². The van der Waals surface area contributed by atoms with Gasteiger partial charge in [-0.05, 0) is 57.7 Å². The van der Waals surface area contributed by atoms with Crippen molar-refractivity contribution in [1.82, 2.24) is 25.5 Å². The summed E-state index contributed by atoms with van der Waals surface area (Å²) in [6.45, 7) is 0.429. The van der Waals surface area contributed by atoms with Gasteiger partial charge in [-0.15, -0.1) is 0 Å². The Labute approximate surface area is 210 Å².